The van der Waals surface area contributed by atoms with E-state index in [2.05, 4.69) is 4.90 Å². The minimum atomic E-state index is -0.0904. The van der Waals surface area contributed by atoms with E-state index in [0.717, 1.165) is 5.69 Å². The van der Waals surface area contributed by atoms with Crippen molar-refractivity contribution in [2.45, 2.75) is 0 Å². The number of carbonyl (C=O) groups is 2. The van der Waals surface area contributed by atoms with E-state index in [4.69, 9.17) is 4.42 Å². The fourth-order valence-electron chi connectivity index (χ4n) is 2.76. The molecule has 2 heterocycles. The van der Waals surface area contributed by atoms with Crippen LogP contribution in [-0.2, 0) is 4.79 Å². The number of anilines is 1. The van der Waals surface area contributed by atoms with Gasteiger partial charge in [0, 0.05) is 38.9 Å². The van der Waals surface area contributed by atoms with Gasteiger partial charge in [-0.1, -0.05) is 18.2 Å². The molecule has 0 N–H and O–H groups in total. The predicted molar refractivity (Wildman–Crippen MR) is 90.9 cm³/mol. The maximum Gasteiger partial charge on any atom is 0.289 e. The number of hydrogen-bond donors (Lipinski definition) is 0. The third kappa shape index (κ3) is 3.65. The van der Waals surface area contributed by atoms with Crippen LogP contribution >= 0.6 is 0 Å². The van der Waals surface area contributed by atoms with Gasteiger partial charge in [-0.15, -0.1) is 0 Å². The zero-order valence-corrected chi connectivity index (χ0v) is 13.7. The van der Waals surface area contributed by atoms with Gasteiger partial charge in [-0.25, -0.2) is 0 Å². The third-order valence-corrected chi connectivity index (χ3v) is 4.27. The van der Waals surface area contributed by atoms with Gasteiger partial charge in [0.2, 0.25) is 5.91 Å². The maximum absolute atomic E-state index is 12.4. The highest BCUT2D eigenvalue weighted by molar-refractivity contribution is 5.94. The summed E-state index contributed by atoms with van der Waals surface area (Å²) in [6, 6.07) is 13.0. The molecule has 0 unspecified atom stereocenters. The molecule has 0 saturated carbocycles. The van der Waals surface area contributed by atoms with Gasteiger partial charge >= 0.3 is 0 Å². The second-order valence-corrected chi connectivity index (χ2v) is 5.83. The Labute approximate surface area is 141 Å². The van der Waals surface area contributed by atoms with Crippen molar-refractivity contribution in [2.75, 3.05) is 44.7 Å². The van der Waals surface area contributed by atoms with Crippen molar-refractivity contribution in [1.82, 2.24) is 9.80 Å². The van der Waals surface area contributed by atoms with Gasteiger partial charge in [-0.2, -0.15) is 0 Å². The molecule has 0 atom stereocenters. The van der Waals surface area contributed by atoms with Crippen LogP contribution < -0.4 is 4.90 Å². The zero-order valence-electron chi connectivity index (χ0n) is 13.7. The van der Waals surface area contributed by atoms with Crippen LogP contribution in [0, 0.1) is 0 Å². The second-order valence-electron chi connectivity index (χ2n) is 5.83. The van der Waals surface area contributed by atoms with E-state index in [0.29, 0.717) is 38.5 Å². The molecule has 126 valence electrons. The number of hydrogen-bond acceptors (Lipinski definition) is 4. The van der Waals surface area contributed by atoms with Gasteiger partial charge in [-0.3, -0.25) is 14.5 Å². The standard InChI is InChI=1S/C18H21N3O3/c1-19(15-6-3-2-4-7-15)17(22)14-20-9-11-21(12-10-20)18(23)16-8-5-13-24-16/h2-8,13H,9-12,14H2,1H3. The monoisotopic (exact) mass is 327 g/mol. The average molecular weight is 327 g/mol. The van der Waals surface area contributed by atoms with Crippen LogP contribution in [0.2, 0.25) is 0 Å². The van der Waals surface area contributed by atoms with Crippen LogP contribution in [0.25, 0.3) is 0 Å². The SMILES string of the molecule is CN(C(=O)CN1CCN(C(=O)c2ccco2)CC1)c1ccccc1. The Morgan fingerprint density at radius 2 is 1.75 bits per heavy atom. The lowest BCUT2D eigenvalue weighted by atomic mass is 10.2. The average Bonchev–Trinajstić information content (AvgIpc) is 3.16. The van der Waals surface area contributed by atoms with Gasteiger partial charge < -0.3 is 14.2 Å². The summed E-state index contributed by atoms with van der Waals surface area (Å²) in [7, 11) is 1.79. The summed E-state index contributed by atoms with van der Waals surface area (Å²) in [5, 5.41) is 0. The molecule has 6 nitrogen and oxygen atoms in total. The second kappa shape index (κ2) is 7.31. The quantitative estimate of drug-likeness (QED) is 0.858. The Balaban J connectivity index is 1.50. The van der Waals surface area contributed by atoms with E-state index in [1.807, 2.05) is 30.3 Å². The molecule has 0 radical (unpaired) electrons. The van der Waals surface area contributed by atoms with Crippen molar-refractivity contribution < 1.29 is 14.0 Å². The normalized spacial score (nSPS) is 15.3. The highest BCUT2D eigenvalue weighted by atomic mass is 16.3. The van der Waals surface area contributed by atoms with Gasteiger partial charge in [0.15, 0.2) is 5.76 Å². The lowest BCUT2D eigenvalue weighted by Crippen LogP contribution is -2.51. The van der Waals surface area contributed by atoms with E-state index in [-0.39, 0.29) is 11.8 Å². The molecule has 1 fully saturated rings. The first-order valence-corrected chi connectivity index (χ1v) is 8.02. The Hall–Kier alpha value is -2.60. The van der Waals surface area contributed by atoms with Crippen LogP contribution in [0.5, 0.6) is 0 Å². The number of piperazine rings is 1. The van der Waals surface area contributed by atoms with Crippen LogP contribution in [-0.4, -0.2) is 61.4 Å². The molecular formula is C18H21N3O3. The Kier molecular flexibility index (Phi) is 4.96. The molecule has 1 aromatic carbocycles. The topological polar surface area (TPSA) is 57.0 Å². The van der Waals surface area contributed by atoms with Crippen molar-refractivity contribution in [3.8, 4) is 0 Å². The smallest absolute Gasteiger partial charge is 0.289 e. The predicted octanol–water partition coefficient (Wildman–Crippen LogP) is 1.70. The van der Waals surface area contributed by atoms with Gasteiger partial charge in [-0.05, 0) is 24.3 Å². The van der Waals surface area contributed by atoms with Crippen molar-refractivity contribution in [3.63, 3.8) is 0 Å². The molecule has 1 aromatic heterocycles. The van der Waals surface area contributed by atoms with Crippen molar-refractivity contribution >= 4 is 17.5 Å². The van der Waals surface area contributed by atoms with E-state index >= 15 is 0 Å². The molecular weight excluding hydrogens is 306 g/mol. The summed E-state index contributed by atoms with van der Waals surface area (Å²) >= 11 is 0. The third-order valence-electron chi connectivity index (χ3n) is 4.27. The first-order chi connectivity index (χ1) is 11.6. The minimum Gasteiger partial charge on any atom is -0.459 e. The molecule has 1 aliphatic heterocycles. The van der Waals surface area contributed by atoms with E-state index in [1.165, 1.54) is 6.26 Å². The summed E-state index contributed by atoms with van der Waals surface area (Å²) in [4.78, 5) is 30.1. The molecule has 24 heavy (non-hydrogen) atoms. The molecule has 2 amide bonds. The van der Waals surface area contributed by atoms with Crippen LogP contribution in [0.1, 0.15) is 10.6 Å². The lowest BCUT2D eigenvalue weighted by molar-refractivity contribution is -0.119. The summed E-state index contributed by atoms with van der Waals surface area (Å²) in [5.41, 5.74) is 0.883. The number of nitrogens with zero attached hydrogens (tertiary/aromatic N) is 3. The number of benzene rings is 1. The maximum atomic E-state index is 12.4. The van der Waals surface area contributed by atoms with E-state index in [9.17, 15) is 9.59 Å². The summed E-state index contributed by atoms with van der Waals surface area (Å²) in [5.74, 6) is 0.322. The van der Waals surface area contributed by atoms with Gasteiger partial charge in [0.1, 0.15) is 0 Å². The fourth-order valence-corrected chi connectivity index (χ4v) is 2.76. The Morgan fingerprint density at radius 3 is 2.38 bits per heavy atom. The molecule has 3 rings (SSSR count). The highest BCUT2D eigenvalue weighted by Crippen LogP contribution is 2.13. The highest BCUT2D eigenvalue weighted by Gasteiger charge is 2.25. The fraction of sp³-hybridized carbons (Fsp3) is 0.333. The minimum absolute atomic E-state index is 0.0482. The molecule has 0 aliphatic carbocycles. The number of likely N-dealkylation sites (N-methyl/N-ethyl adjacent to an activating group) is 1. The van der Waals surface area contributed by atoms with Gasteiger partial charge in [0.25, 0.3) is 5.91 Å². The first-order valence-electron chi connectivity index (χ1n) is 8.02. The lowest BCUT2D eigenvalue weighted by Gasteiger charge is -2.34. The van der Waals surface area contributed by atoms with Crippen LogP contribution in [0.15, 0.2) is 53.1 Å². The number of amides is 2. The molecule has 1 saturated heterocycles. The van der Waals surface area contributed by atoms with Crippen LogP contribution in [0.4, 0.5) is 5.69 Å². The van der Waals surface area contributed by atoms with Crippen molar-refractivity contribution in [2.24, 2.45) is 0 Å². The van der Waals surface area contributed by atoms with Crippen molar-refractivity contribution in [3.05, 3.63) is 54.5 Å². The summed E-state index contributed by atoms with van der Waals surface area (Å²) < 4.78 is 5.15. The molecule has 1 aliphatic rings. The number of furan rings is 1. The number of rotatable bonds is 4. The van der Waals surface area contributed by atoms with Crippen molar-refractivity contribution in [1.29, 1.82) is 0 Å². The molecule has 0 bridgehead atoms. The molecule has 2 aromatic rings. The Bertz CT molecular complexity index is 677. The zero-order chi connectivity index (χ0) is 16.9. The first kappa shape index (κ1) is 16.3. The van der Waals surface area contributed by atoms with E-state index < -0.39 is 0 Å². The summed E-state index contributed by atoms with van der Waals surface area (Å²) in [6.45, 7) is 2.92. The van der Waals surface area contributed by atoms with E-state index in [1.54, 1.807) is 29.0 Å². The van der Waals surface area contributed by atoms with Crippen LogP contribution in [0.3, 0.4) is 0 Å². The summed E-state index contributed by atoms with van der Waals surface area (Å²) in [6.07, 6.45) is 1.50. The van der Waals surface area contributed by atoms with Gasteiger partial charge in [0.05, 0.1) is 12.8 Å². The Morgan fingerprint density at radius 1 is 1.04 bits per heavy atom. The number of carbonyl (C=O) groups excluding carboxylic acids is 2. The molecule has 6 heteroatoms. The largest absolute Gasteiger partial charge is 0.459 e. The molecule has 0 spiro atoms. The number of para-hydroxylation sites is 1.